The smallest absolute Gasteiger partial charge is 0.321 e. The number of para-hydroxylation sites is 2. The molecular weight excluding hydrogens is 226 g/mol. The van der Waals surface area contributed by atoms with Gasteiger partial charge in [0.2, 0.25) is 0 Å². The van der Waals surface area contributed by atoms with Gasteiger partial charge in [-0.15, -0.1) is 0 Å². The van der Waals surface area contributed by atoms with Crippen LogP contribution in [0, 0.1) is 0 Å². The number of rotatable bonds is 2. The molecule has 0 unspecified atom stereocenters. The zero-order valence-electron chi connectivity index (χ0n) is 11.1. The minimum atomic E-state index is 0.0176. The van der Waals surface area contributed by atoms with Crippen LogP contribution in [0.1, 0.15) is 19.3 Å². The maximum atomic E-state index is 12.1. The van der Waals surface area contributed by atoms with Crippen LogP contribution in [0.15, 0.2) is 24.3 Å². The summed E-state index contributed by atoms with van der Waals surface area (Å²) in [5, 5.41) is 3.01. The number of benzene rings is 1. The first kappa shape index (κ1) is 12.7. The monoisotopic (exact) mass is 247 g/mol. The third-order valence-electron chi connectivity index (χ3n) is 3.27. The highest BCUT2D eigenvalue weighted by atomic mass is 16.2. The van der Waals surface area contributed by atoms with Gasteiger partial charge in [-0.2, -0.15) is 0 Å². The van der Waals surface area contributed by atoms with E-state index in [-0.39, 0.29) is 6.03 Å². The first-order valence-corrected chi connectivity index (χ1v) is 6.51. The van der Waals surface area contributed by atoms with Crippen molar-refractivity contribution in [2.45, 2.75) is 19.3 Å². The van der Waals surface area contributed by atoms with E-state index in [9.17, 15) is 4.79 Å². The molecule has 1 saturated heterocycles. The highest BCUT2D eigenvalue weighted by Gasteiger charge is 2.17. The number of likely N-dealkylation sites (tertiary alicyclic amines) is 1. The second-order valence-electron chi connectivity index (χ2n) is 4.89. The molecule has 4 nitrogen and oxygen atoms in total. The summed E-state index contributed by atoms with van der Waals surface area (Å²) in [4.78, 5) is 16.0. The highest BCUT2D eigenvalue weighted by molar-refractivity contribution is 5.93. The van der Waals surface area contributed by atoms with Crippen LogP contribution in [0.4, 0.5) is 16.2 Å². The van der Waals surface area contributed by atoms with Crippen LogP contribution >= 0.6 is 0 Å². The van der Waals surface area contributed by atoms with E-state index in [0.29, 0.717) is 0 Å². The van der Waals surface area contributed by atoms with Gasteiger partial charge in [0.15, 0.2) is 0 Å². The van der Waals surface area contributed by atoms with Crippen molar-refractivity contribution in [1.82, 2.24) is 4.90 Å². The van der Waals surface area contributed by atoms with Crippen molar-refractivity contribution in [3.05, 3.63) is 24.3 Å². The molecule has 0 radical (unpaired) electrons. The summed E-state index contributed by atoms with van der Waals surface area (Å²) in [7, 11) is 3.96. The number of hydrogen-bond donors (Lipinski definition) is 1. The van der Waals surface area contributed by atoms with Crippen molar-refractivity contribution in [2.24, 2.45) is 0 Å². The summed E-state index contributed by atoms with van der Waals surface area (Å²) >= 11 is 0. The Bertz CT molecular complexity index is 411. The molecule has 4 heteroatoms. The number of carbonyl (C=O) groups excluding carboxylic acids is 1. The molecule has 0 atom stereocenters. The average molecular weight is 247 g/mol. The maximum absolute atomic E-state index is 12.1. The number of nitrogens with one attached hydrogen (secondary N) is 1. The van der Waals surface area contributed by atoms with Gasteiger partial charge in [0.25, 0.3) is 0 Å². The van der Waals surface area contributed by atoms with Crippen LogP contribution in [0.25, 0.3) is 0 Å². The van der Waals surface area contributed by atoms with Gasteiger partial charge in [-0.25, -0.2) is 4.79 Å². The summed E-state index contributed by atoms with van der Waals surface area (Å²) in [5.74, 6) is 0. The van der Waals surface area contributed by atoms with E-state index in [1.807, 2.05) is 48.2 Å². The van der Waals surface area contributed by atoms with Gasteiger partial charge < -0.3 is 15.1 Å². The van der Waals surface area contributed by atoms with E-state index >= 15 is 0 Å². The van der Waals surface area contributed by atoms with Crippen LogP contribution in [0.3, 0.4) is 0 Å². The second kappa shape index (κ2) is 5.76. The van der Waals surface area contributed by atoms with Crippen molar-refractivity contribution in [2.75, 3.05) is 37.4 Å². The third kappa shape index (κ3) is 2.94. The van der Waals surface area contributed by atoms with Crippen LogP contribution in [-0.4, -0.2) is 38.1 Å². The van der Waals surface area contributed by atoms with Crippen molar-refractivity contribution >= 4 is 17.4 Å². The molecule has 2 rings (SSSR count). The van der Waals surface area contributed by atoms with E-state index < -0.39 is 0 Å². The van der Waals surface area contributed by atoms with Crippen molar-refractivity contribution < 1.29 is 4.79 Å². The van der Waals surface area contributed by atoms with Crippen LogP contribution in [-0.2, 0) is 0 Å². The topological polar surface area (TPSA) is 35.6 Å². The van der Waals surface area contributed by atoms with Gasteiger partial charge in [0.05, 0.1) is 11.4 Å². The lowest BCUT2D eigenvalue weighted by atomic mass is 10.1. The van der Waals surface area contributed by atoms with Crippen molar-refractivity contribution in [1.29, 1.82) is 0 Å². The highest BCUT2D eigenvalue weighted by Crippen LogP contribution is 2.24. The molecule has 2 amide bonds. The zero-order chi connectivity index (χ0) is 13.0. The molecule has 18 heavy (non-hydrogen) atoms. The Morgan fingerprint density at radius 1 is 1.17 bits per heavy atom. The minimum Gasteiger partial charge on any atom is -0.376 e. The lowest BCUT2D eigenvalue weighted by Gasteiger charge is -2.27. The number of anilines is 2. The van der Waals surface area contributed by atoms with Gasteiger partial charge in [-0.05, 0) is 31.4 Å². The molecule has 1 heterocycles. The summed E-state index contributed by atoms with van der Waals surface area (Å²) in [6, 6.07) is 7.89. The Morgan fingerprint density at radius 3 is 2.50 bits per heavy atom. The van der Waals surface area contributed by atoms with Crippen LogP contribution in [0.2, 0.25) is 0 Å². The van der Waals surface area contributed by atoms with Crippen molar-refractivity contribution in [3.8, 4) is 0 Å². The van der Waals surface area contributed by atoms with E-state index in [1.54, 1.807) is 0 Å². The lowest BCUT2D eigenvalue weighted by molar-refractivity contribution is 0.200. The van der Waals surface area contributed by atoms with E-state index in [1.165, 1.54) is 6.42 Å². The molecule has 1 aliphatic heterocycles. The molecule has 1 fully saturated rings. The molecule has 1 aromatic rings. The minimum absolute atomic E-state index is 0.0176. The van der Waals surface area contributed by atoms with Gasteiger partial charge in [0, 0.05) is 27.2 Å². The van der Waals surface area contributed by atoms with Gasteiger partial charge in [-0.3, -0.25) is 0 Å². The summed E-state index contributed by atoms with van der Waals surface area (Å²) in [6.07, 6.45) is 3.46. The van der Waals surface area contributed by atoms with Crippen LogP contribution < -0.4 is 10.2 Å². The Balaban J connectivity index is 2.06. The van der Waals surface area contributed by atoms with Gasteiger partial charge in [-0.1, -0.05) is 12.1 Å². The summed E-state index contributed by atoms with van der Waals surface area (Å²) in [5.41, 5.74) is 1.90. The predicted octanol–water partition coefficient (Wildman–Crippen LogP) is 2.77. The lowest BCUT2D eigenvalue weighted by Crippen LogP contribution is -2.38. The van der Waals surface area contributed by atoms with Crippen molar-refractivity contribution in [3.63, 3.8) is 0 Å². The van der Waals surface area contributed by atoms with E-state index in [0.717, 1.165) is 37.3 Å². The normalized spacial score (nSPS) is 15.3. The largest absolute Gasteiger partial charge is 0.376 e. The molecule has 1 aromatic carbocycles. The molecule has 1 N–H and O–H groups in total. The molecule has 0 bridgehead atoms. The molecular formula is C14H21N3O. The quantitative estimate of drug-likeness (QED) is 0.872. The number of amides is 2. The number of carbonyl (C=O) groups is 1. The molecule has 1 aliphatic rings. The second-order valence-corrected chi connectivity index (χ2v) is 4.89. The molecule has 0 aliphatic carbocycles. The average Bonchev–Trinajstić information content (AvgIpc) is 2.40. The Morgan fingerprint density at radius 2 is 1.83 bits per heavy atom. The number of urea groups is 1. The van der Waals surface area contributed by atoms with Gasteiger partial charge in [0.1, 0.15) is 0 Å². The fourth-order valence-electron chi connectivity index (χ4n) is 2.26. The summed E-state index contributed by atoms with van der Waals surface area (Å²) < 4.78 is 0. The predicted molar refractivity (Wildman–Crippen MR) is 75.2 cm³/mol. The fourth-order valence-corrected chi connectivity index (χ4v) is 2.26. The first-order valence-electron chi connectivity index (χ1n) is 6.51. The SMILES string of the molecule is CN(C)c1ccccc1NC(=O)N1CCCCC1. The standard InChI is InChI=1S/C14H21N3O/c1-16(2)13-9-5-4-8-12(13)15-14(18)17-10-6-3-7-11-17/h4-5,8-9H,3,6-7,10-11H2,1-2H3,(H,15,18). The number of piperidine rings is 1. The molecule has 0 spiro atoms. The zero-order valence-corrected chi connectivity index (χ0v) is 11.1. The van der Waals surface area contributed by atoms with Crippen LogP contribution in [0.5, 0.6) is 0 Å². The Kier molecular flexibility index (Phi) is 4.07. The van der Waals surface area contributed by atoms with Gasteiger partial charge >= 0.3 is 6.03 Å². The number of hydrogen-bond acceptors (Lipinski definition) is 2. The first-order chi connectivity index (χ1) is 8.68. The Labute approximate surface area is 109 Å². The molecule has 0 saturated carbocycles. The third-order valence-corrected chi connectivity index (χ3v) is 3.27. The fraction of sp³-hybridized carbons (Fsp3) is 0.500. The van der Waals surface area contributed by atoms with E-state index in [2.05, 4.69) is 5.32 Å². The molecule has 0 aromatic heterocycles. The Hall–Kier alpha value is -1.71. The summed E-state index contributed by atoms with van der Waals surface area (Å²) in [6.45, 7) is 1.74. The molecule has 98 valence electrons. The van der Waals surface area contributed by atoms with E-state index in [4.69, 9.17) is 0 Å². The number of nitrogens with zero attached hydrogens (tertiary/aromatic N) is 2. The maximum Gasteiger partial charge on any atom is 0.321 e.